The molecule has 1 heterocycles. The van der Waals surface area contributed by atoms with Crippen LogP contribution in [0.15, 0.2) is 30.5 Å². The molecule has 20 heavy (non-hydrogen) atoms. The molecule has 106 valence electrons. The van der Waals surface area contributed by atoms with Gasteiger partial charge in [-0.1, -0.05) is 6.07 Å². The summed E-state index contributed by atoms with van der Waals surface area (Å²) in [6, 6.07) is 7.91. The quantitative estimate of drug-likeness (QED) is 0.896. The van der Waals surface area contributed by atoms with Crippen molar-refractivity contribution in [1.29, 1.82) is 0 Å². The zero-order chi connectivity index (χ0) is 14.7. The van der Waals surface area contributed by atoms with Gasteiger partial charge in [-0.2, -0.15) is 0 Å². The van der Waals surface area contributed by atoms with E-state index in [4.69, 9.17) is 0 Å². The molecule has 1 aromatic heterocycles. The molecule has 0 aliphatic carbocycles. The maximum absolute atomic E-state index is 11.1. The van der Waals surface area contributed by atoms with Crippen LogP contribution in [0.5, 0.6) is 0 Å². The van der Waals surface area contributed by atoms with E-state index in [2.05, 4.69) is 34.0 Å². The van der Waals surface area contributed by atoms with E-state index in [-0.39, 0.29) is 5.91 Å². The third kappa shape index (κ3) is 3.38. The summed E-state index contributed by atoms with van der Waals surface area (Å²) in [5.41, 5.74) is 2.63. The molecule has 2 aromatic rings. The Hall–Kier alpha value is -2.30. The van der Waals surface area contributed by atoms with Crippen LogP contribution in [-0.2, 0) is 4.79 Å². The number of carbonyl (C=O) groups is 1. The van der Waals surface area contributed by atoms with Crippen molar-refractivity contribution < 1.29 is 4.79 Å². The average molecular weight is 272 g/mol. The molecule has 0 fully saturated rings. The van der Waals surface area contributed by atoms with E-state index in [9.17, 15) is 4.79 Å². The second kappa shape index (κ2) is 5.77. The van der Waals surface area contributed by atoms with Crippen molar-refractivity contribution in [3.63, 3.8) is 0 Å². The first kappa shape index (κ1) is 14.1. The highest BCUT2D eigenvalue weighted by Crippen LogP contribution is 2.22. The summed E-state index contributed by atoms with van der Waals surface area (Å²) in [4.78, 5) is 15.6. The van der Waals surface area contributed by atoms with Gasteiger partial charge in [0.2, 0.25) is 11.9 Å². The Labute approximate surface area is 119 Å². The second-order valence-electron chi connectivity index (χ2n) is 5.09. The second-order valence-corrected chi connectivity index (χ2v) is 5.09. The van der Waals surface area contributed by atoms with Crippen LogP contribution in [0.4, 0.5) is 17.3 Å². The monoisotopic (exact) mass is 272 g/mol. The van der Waals surface area contributed by atoms with E-state index in [1.165, 1.54) is 6.92 Å². The zero-order valence-electron chi connectivity index (χ0n) is 12.3. The molecule has 0 saturated carbocycles. The minimum absolute atomic E-state index is 0.0818. The molecule has 0 aliphatic heterocycles. The molecule has 0 unspecified atom stereocenters. The van der Waals surface area contributed by atoms with Gasteiger partial charge >= 0.3 is 0 Å². The van der Waals surface area contributed by atoms with Gasteiger partial charge in [0, 0.05) is 30.5 Å². The third-order valence-corrected chi connectivity index (χ3v) is 2.85. The molecule has 5 heteroatoms. The van der Waals surface area contributed by atoms with E-state index in [0.717, 1.165) is 23.0 Å². The van der Waals surface area contributed by atoms with Crippen LogP contribution in [0.3, 0.4) is 0 Å². The largest absolute Gasteiger partial charge is 0.326 e. The van der Waals surface area contributed by atoms with E-state index >= 15 is 0 Å². The molecule has 0 spiro atoms. The molecule has 0 saturated heterocycles. The summed E-state index contributed by atoms with van der Waals surface area (Å²) in [6.45, 7) is 7.69. The number of aryl methyl sites for hydroxylation is 1. The first-order chi connectivity index (χ1) is 9.45. The minimum Gasteiger partial charge on any atom is -0.326 e. The first-order valence-electron chi connectivity index (χ1n) is 6.66. The Kier molecular flexibility index (Phi) is 4.08. The standard InChI is InChI=1S/C15H20N4O/c1-10(2)19-9-11(3)16-15(19)18-14-7-5-6-13(8-14)17-12(4)20/h5-10H,1-4H3,(H,16,18)(H,17,20). The van der Waals surface area contributed by atoms with Gasteiger partial charge in [0.25, 0.3) is 0 Å². The molecule has 0 radical (unpaired) electrons. The third-order valence-electron chi connectivity index (χ3n) is 2.85. The van der Waals surface area contributed by atoms with Crippen molar-refractivity contribution in [2.75, 3.05) is 10.6 Å². The Morgan fingerprint density at radius 2 is 2.00 bits per heavy atom. The molecular formula is C15H20N4O. The number of nitrogens with zero attached hydrogens (tertiary/aromatic N) is 2. The number of hydrogen-bond acceptors (Lipinski definition) is 3. The Balaban J connectivity index is 2.23. The number of amides is 1. The maximum atomic E-state index is 11.1. The molecule has 2 rings (SSSR count). The van der Waals surface area contributed by atoms with E-state index in [1.54, 1.807) is 0 Å². The minimum atomic E-state index is -0.0818. The van der Waals surface area contributed by atoms with Gasteiger partial charge in [-0.25, -0.2) is 4.98 Å². The van der Waals surface area contributed by atoms with Gasteiger partial charge in [0.15, 0.2) is 0 Å². The highest BCUT2D eigenvalue weighted by Gasteiger charge is 2.09. The normalized spacial score (nSPS) is 10.7. The number of carbonyl (C=O) groups excluding carboxylic acids is 1. The summed E-state index contributed by atoms with van der Waals surface area (Å²) in [5, 5.41) is 6.06. The van der Waals surface area contributed by atoms with Gasteiger partial charge in [-0.05, 0) is 39.0 Å². The van der Waals surface area contributed by atoms with Crippen molar-refractivity contribution in [3.05, 3.63) is 36.2 Å². The topological polar surface area (TPSA) is 59.0 Å². The van der Waals surface area contributed by atoms with Crippen LogP contribution >= 0.6 is 0 Å². The highest BCUT2D eigenvalue weighted by atomic mass is 16.1. The van der Waals surface area contributed by atoms with Crippen molar-refractivity contribution in [2.24, 2.45) is 0 Å². The summed E-state index contributed by atoms with van der Waals surface area (Å²) in [7, 11) is 0. The van der Waals surface area contributed by atoms with Crippen molar-refractivity contribution in [1.82, 2.24) is 9.55 Å². The molecule has 0 aliphatic rings. The highest BCUT2D eigenvalue weighted by molar-refractivity contribution is 5.89. The van der Waals surface area contributed by atoms with E-state index < -0.39 is 0 Å². The molecule has 0 atom stereocenters. The smallest absolute Gasteiger partial charge is 0.221 e. The number of aromatic nitrogens is 2. The van der Waals surface area contributed by atoms with E-state index in [0.29, 0.717) is 6.04 Å². The SMILES string of the molecule is CC(=O)Nc1cccc(Nc2nc(C)cn2C(C)C)c1. The van der Waals surface area contributed by atoms with Crippen molar-refractivity contribution in [2.45, 2.75) is 33.7 Å². The summed E-state index contributed by atoms with van der Waals surface area (Å²) >= 11 is 0. The fourth-order valence-corrected chi connectivity index (χ4v) is 2.01. The molecule has 2 N–H and O–H groups in total. The van der Waals surface area contributed by atoms with E-state index in [1.807, 2.05) is 37.4 Å². The van der Waals surface area contributed by atoms with Crippen LogP contribution in [0, 0.1) is 6.92 Å². The van der Waals surface area contributed by atoms with Gasteiger partial charge in [0.05, 0.1) is 5.69 Å². The number of benzene rings is 1. The van der Waals surface area contributed by atoms with Gasteiger partial charge in [0.1, 0.15) is 0 Å². The van der Waals surface area contributed by atoms with Crippen LogP contribution in [-0.4, -0.2) is 15.5 Å². The molecule has 0 bridgehead atoms. The van der Waals surface area contributed by atoms with Crippen LogP contribution in [0.25, 0.3) is 0 Å². The number of nitrogens with one attached hydrogen (secondary N) is 2. The zero-order valence-corrected chi connectivity index (χ0v) is 12.3. The van der Waals surface area contributed by atoms with Gasteiger partial charge in [-0.3, -0.25) is 4.79 Å². The van der Waals surface area contributed by atoms with Crippen LogP contribution < -0.4 is 10.6 Å². The fourth-order valence-electron chi connectivity index (χ4n) is 2.01. The fraction of sp³-hybridized carbons (Fsp3) is 0.333. The Morgan fingerprint density at radius 1 is 1.30 bits per heavy atom. The number of anilines is 3. The first-order valence-corrected chi connectivity index (χ1v) is 6.66. The van der Waals surface area contributed by atoms with Crippen molar-refractivity contribution >= 4 is 23.2 Å². The molecule has 1 amide bonds. The van der Waals surface area contributed by atoms with Gasteiger partial charge in [-0.15, -0.1) is 0 Å². The Bertz CT molecular complexity index is 616. The Morgan fingerprint density at radius 3 is 2.65 bits per heavy atom. The summed E-state index contributed by atoms with van der Waals surface area (Å²) in [6.07, 6.45) is 2.02. The lowest BCUT2D eigenvalue weighted by Crippen LogP contribution is -2.07. The lowest BCUT2D eigenvalue weighted by molar-refractivity contribution is -0.114. The number of imidazole rings is 1. The van der Waals surface area contributed by atoms with Crippen LogP contribution in [0.1, 0.15) is 32.5 Å². The molecule has 1 aromatic carbocycles. The number of hydrogen-bond donors (Lipinski definition) is 2. The summed E-state index contributed by atoms with van der Waals surface area (Å²) in [5.74, 6) is 0.721. The van der Waals surface area contributed by atoms with Crippen LogP contribution in [0.2, 0.25) is 0 Å². The maximum Gasteiger partial charge on any atom is 0.221 e. The predicted molar refractivity (Wildman–Crippen MR) is 81.4 cm³/mol. The molecular weight excluding hydrogens is 252 g/mol. The lowest BCUT2D eigenvalue weighted by atomic mass is 10.2. The summed E-state index contributed by atoms with van der Waals surface area (Å²) < 4.78 is 2.08. The average Bonchev–Trinajstić information content (AvgIpc) is 2.70. The van der Waals surface area contributed by atoms with Crippen molar-refractivity contribution in [3.8, 4) is 0 Å². The number of rotatable bonds is 4. The predicted octanol–water partition coefficient (Wildman–Crippen LogP) is 3.47. The van der Waals surface area contributed by atoms with Gasteiger partial charge < -0.3 is 15.2 Å². The lowest BCUT2D eigenvalue weighted by Gasteiger charge is -2.13. The molecule has 5 nitrogen and oxygen atoms in total.